The molecule has 0 saturated carbocycles. The van der Waals surface area contributed by atoms with E-state index in [0.717, 1.165) is 5.56 Å². The van der Waals surface area contributed by atoms with Gasteiger partial charge in [0.15, 0.2) is 5.69 Å². The average molecular weight is 380 g/mol. The van der Waals surface area contributed by atoms with Crippen molar-refractivity contribution >= 4 is 23.0 Å². The van der Waals surface area contributed by atoms with Crippen molar-refractivity contribution in [3.8, 4) is 5.75 Å². The molecule has 1 aromatic carbocycles. The van der Waals surface area contributed by atoms with Crippen LogP contribution in [0.25, 0.3) is 5.52 Å². The Kier molecular flexibility index (Phi) is 5.63. The van der Waals surface area contributed by atoms with E-state index in [4.69, 9.17) is 4.74 Å². The topological polar surface area (TPSA) is 75.9 Å². The highest BCUT2D eigenvalue weighted by molar-refractivity contribution is 6.09. The fraction of sp³-hybridized carbons (Fsp3) is 0.286. The van der Waals surface area contributed by atoms with Gasteiger partial charge in [-0.1, -0.05) is 12.1 Å². The minimum atomic E-state index is -0.397. The molecule has 0 radical (unpaired) electrons. The molecule has 3 rings (SSSR count). The summed E-state index contributed by atoms with van der Waals surface area (Å²) < 4.78 is 6.98. The summed E-state index contributed by atoms with van der Waals surface area (Å²) >= 11 is 0. The minimum Gasteiger partial charge on any atom is -0.495 e. The molecular weight excluding hydrogens is 356 g/mol. The van der Waals surface area contributed by atoms with Gasteiger partial charge in [-0.3, -0.25) is 14.0 Å². The van der Waals surface area contributed by atoms with Crippen LogP contribution in [0.3, 0.4) is 0 Å². The molecular formula is C21H24N4O3. The van der Waals surface area contributed by atoms with Crippen LogP contribution in [-0.4, -0.2) is 46.3 Å². The summed E-state index contributed by atoms with van der Waals surface area (Å²) in [6, 6.07) is 10.9. The van der Waals surface area contributed by atoms with Crippen molar-refractivity contribution in [2.45, 2.75) is 20.8 Å². The molecule has 2 aromatic heterocycles. The number of nitrogens with one attached hydrogen (secondary N) is 1. The molecule has 146 valence electrons. The third-order valence-corrected chi connectivity index (χ3v) is 4.61. The molecule has 3 aromatic rings. The van der Waals surface area contributed by atoms with Crippen LogP contribution in [0, 0.1) is 6.92 Å². The number of imidazole rings is 1. The third kappa shape index (κ3) is 3.55. The predicted octanol–water partition coefficient (Wildman–Crippen LogP) is 3.39. The molecule has 7 nitrogen and oxygen atoms in total. The van der Waals surface area contributed by atoms with Crippen molar-refractivity contribution in [1.82, 2.24) is 14.3 Å². The lowest BCUT2D eigenvalue weighted by atomic mass is 10.2. The number of amides is 2. The molecule has 0 spiro atoms. The van der Waals surface area contributed by atoms with Gasteiger partial charge in [-0.15, -0.1) is 0 Å². The van der Waals surface area contributed by atoms with Crippen LogP contribution in [0.5, 0.6) is 5.75 Å². The molecule has 7 heteroatoms. The first-order valence-corrected chi connectivity index (χ1v) is 9.22. The standard InChI is InChI=1S/C21H24N4O3/c1-5-24(6-2)21(27)19-23-18(16-9-7-8-12-25(16)19)20(26)22-15-13-14(3)10-11-17(15)28-4/h7-13H,5-6H2,1-4H3,(H,22,26). The fourth-order valence-corrected chi connectivity index (χ4v) is 3.11. The van der Waals surface area contributed by atoms with E-state index in [-0.39, 0.29) is 17.4 Å². The van der Waals surface area contributed by atoms with Gasteiger partial charge in [-0.25, -0.2) is 4.98 Å². The van der Waals surface area contributed by atoms with E-state index in [1.807, 2.05) is 39.0 Å². The van der Waals surface area contributed by atoms with Crippen LogP contribution in [-0.2, 0) is 0 Å². The number of aromatic nitrogens is 2. The van der Waals surface area contributed by atoms with E-state index in [9.17, 15) is 9.59 Å². The van der Waals surface area contributed by atoms with Crippen molar-refractivity contribution in [2.24, 2.45) is 0 Å². The Morgan fingerprint density at radius 3 is 2.61 bits per heavy atom. The number of ether oxygens (including phenoxy) is 1. The highest BCUT2D eigenvalue weighted by Gasteiger charge is 2.24. The number of nitrogens with zero attached hydrogens (tertiary/aromatic N) is 3. The second-order valence-corrected chi connectivity index (χ2v) is 6.38. The normalized spacial score (nSPS) is 10.7. The summed E-state index contributed by atoms with van der Waals surface area (Å²) in [4.78, 5) is 31.9. The lowest BCUT2D eigenvalue weighted by Crippen LogP contribution is -2.32. The maximum atomic E-state index is 13.0. The molecule has 28 heavy (non-hydrogen) atoms. The Balaban J connectivity index is 2.03. The van der Waals surface area contributed by atoms with Gasteiger partial charge >= 0.3 is 0 Å². The molecule has 0 aliphatic rings. The van der Waals surface area contributed by atoms with Gasteiger partial charge in [0.2, 0.25) is 5.82 Å². The number of carbonyl (C=O) groups excluding carboxylic acids is 2. The van der Waals surface area contributed by atoms with Gasteiger partial charge in [0.05, 0.1) is 18.3 Å². The van der Waals surface area contributed by atoms with Crippen molar-refractivity contribution in [1.29, 1.82) is 0 Å². The summed E-state index contributed by atoms with van der Waals surface area (Å²) in [5, 5.41) is 2.86. The first-order valence-electron chi connectivity index (χ1n) is 9.22. The van der Waals surface area contributed by atoms with E-state index >= 15 is 0 Å². The second-order valence-electron chi connectivity index (χ2n) is 6.38. The Hall–Kier alpha value is -3.35. The van der Waals surface area contributed by atoms with Gasteiger partial charge in [0.25, 0.3) is 11.8 Å². The van der Waals surface area contributed by atoms with Gasteiger partial charge in [-0.2, -0.15) is 0 Å². The fourth-order valence-electron chi connectivity index (χ4n) is 3.11. The van der Waals surface area contributed by atoms with Gasteiger partial charge in [0, 0.05) is 19.3 Å². The Labute approximate surface area is 163 Å². The van der Waals surface area contributed by atoms with Gasteiger partial charge in [-0.05, 0) is 50.6 Å². The summed E-state index contributed by atoms with van der Waals surface area (Å²) in [6.07, 6.45) is 1.74. The summed E-state index contributed by atoms with van der Waals surface area (Å²) in [5.41, 5.74) is 2.31. The highest BCUT2D eigenvalue weighted by Crippen LogP contribution is 2.26. The van der Waals surface area contributed by atoms with Crippen LogP contribution in [0.15, 0.2) is 42.6 Å². The molecule has 0 bridgehead atoms. The first-order chi connectivity index (χ1) is 13.5. The zero-order valence-corrected chi connectivity index (χ0v) is 16.5. The molecule has 2 heterocycles. The third-order valence-electron chi connectivity index (χ3n) is 4.61. The number of methoxy groups -OCH3 is 1. The quantitative estimate of drug-likeness (QED) is 0.711. The van der Waals surface area contributed by atoms with Crippen LogP contribution in [0.2, 0.25) is 0 Å². The number of fused-ring (bicyclic) bond motifs is 1. The molecule has 0 aliphatic carbocycles. The highest BCUT2D eigenvalue weighted by atomic mass is 16.5. The van der Waals surface area contributed by atoms with Crippen LogP contribution >= 0.6 is 0 Å². The Morgan fingerprint density at radius 1 is 1.18 bits per heavy atom. The largest absolute Gasteiger partial charge is 0.495 e. The smallest absolute Gasteiger partial charge is 0.290 e. The van der Waals surface area contributed by atoms with Crippen LogP contribution in [0.4, 0.5) is 5.69 Å². The zero-order chi connectivity index (χ0) is 20.3. The summed E-state index contributed by atoms with van der Waals surface area (Å²) in [7, 11) is 1.55. The molecule has 0 atom stereocenters. The SMILES string of the molecule is CCN(CC)C(=O)c1nc(C(=O)Nc2cc(C)ccc2OC)c2ccccn12. The summed E-state index contributed by atoms with van der Waals surface area (Å²) in [5.74, 6) is 0.173. The number of carbonyl (C=O) groups is 2. The molecule has 2 amide bonds. The van der Waals surface area contributed by atoms with E-state index in [1.54, 1.807) is 40.8 Å². The monoisotopic (exact) mass is 380 g/mol. The lowest BCUT2D eigenvalue weighted by Gasteiger charge is -2.17. The van der Waals surface area contributed by atoms with Crippen molar-refractivity contribution in [3.63, 3.8) is 0 Å². The molecule has 0 unspecified atom stereocenters. The maximum absolute atomic E-state index is 13.0. The number of hydrogen-bond acceptors (Lipinski definition) is 4. The van der Waals surface area contributed by atoms with E-state index in [0.29, 0.717) is 30.0 Å². The number of rotatable bonds is 6. The lowest BCUT2D eigenvalue weighted by molar-refractivity contribution is 0.0760. The Morgan fingerprint density at radius 2 is 1.93 bits per heavy atom. The number of anilines is 1. The van der Waals surface area contributed by atoms with E-state index in [2.05, 4.69) is 10.3 Å². The van der Waals surface area contributed by atoms with Crippen LogP contribution in [0.1, 0.15) is 40.5 Å². The average Bonchev–Trinajstić information content (AvgIpc) is 3.09. The number of benzene rings is 1. The number of aryl methyl sites for hydroxylation is 1. The van der Waals surface area contributed by atoms with E-state index < -0.39 is 5.91 Å². The van der Waals surface area contributed by atoms with Gasteiger partial charge in [0.1, 0.15) is 5.75 Å². The molecule has 0 aliphatic heterocycles. The van der Waals surface area contributed by atoms with Gasteiger partial charge < -0.3 is 15.0 Å². The second kappa shape index (κ2) is 8.12. The van der Waals surface area contributed by atoms with Crippen LogP contribution < -0.4 is 10.1 Å². The molecule has 1 N–H and O–H groups in total. The van der Waals surface area contributed by atoms with E-state index in [1.165, 1.54) is 0 Å². The molecule has 0 fully saturated rings. The van der Waals surface area contributed by atoms with Crippen molar-refractivity contribution < 1.29 is 14.3 Å². The number of hydrogen-bond donors (Lipinski definition) is 1. The summed E-state index contributed by atoms with van der Waals surface area (Å²) in [6.45, 7) is 6.89. The first kappa shape index (κ1) is 19.4. The minimum absolute atomic E-state index is 0.194. The van der Waals surface area contributed by atoms with Crippen molar-refractivity contribution in [3.05, 3.63) is 59.7 Å². The maximum Gasteiger partial charge on any atom is 0.290 e. The Bertz CT molecular complexity index is 1020. The molecule has 0 saturated heterocycles. The number of pyridine rings is 1. The van der Waals surface area contributed by atoms with Crippen molar-refractivity contribution in [2.75, 3.05) is 25.5 Å². The zero-order valence-electron chi connectivity index (χ0n) is 16.5. The predicted molar refractivity (Wildman–Crippen MR) is 108 cm³/mol.